The highest BCUT2D eigenvalue weighted by Crippen LogP contribution is 2.17. The van der Waals surface area contributed by atoms with Gasteiger partial charge in [-0.3, -0.25) is 0 Å². The normalized spacial score (nSPS) is 17.6. The minimum atomic E-state index is 0.451. The van der Waals surface area contributed by atoms with Crippen LogP contribution in [0.2, 0.25) is 0 Å². The van der Waals surface area contributed by atoms with E-state index in [-0.39, 0.29) is 0 Å². The van der Waals surface area contributed by atoms with Gasteiger partial charge in [0.05, 0.1) is 20.2 Å². The summed E-state index contributed by atoms with van der Waals surface area (Å²) < 4.78 is 7.21. The standard InChI is InChI=1S/C19H28N6OS/c1-14-23-24-18(25(14)2)12-21-19(22-16-5-4-10-27-13-16)20-11-15-6-8-17(26-3)9-7-15/h6-9,16H,4-5,10-13H2,1-3H3,(H2,20,21,22). The molecule has 0 saturated carbocycles. The molecule has 2 N–H and O–H groups in total. The Hall–Kier alpha value is -2.22. The van der Waals surface area contributed by atoms with E-state index in [9.17, 15) is 0 Å². The SMILES string of the molecule is COc1ccc(CN=C(NCc2nnc(C)n2C)NC2CCCSC2)cc1. The van der Waals surface area contributed by atoms with Crippen LogP contribution in [0.25, 0.3) is 0 Å². The van der Waals surface area contributed by atoms with Crippen molar-refractivity contribution in [3.8, 4) is 5.75 Å². The van der Waals surface area contributed by atoms with Crippen LogP contribution >= 0.6 is 11.8 Å². The van der Waals surface area contributed by atoms with Crippen molar-refractivity contribution in [2.24, 2.45) is 12.0 Å². The largest absolute Gasteiger partial charge is 0.497 e. The Morgan fingerprint density at radius 2 is 2.15 bits per heavy atom. The predicted molar refractivity (Wildman–Crippen MR) is 110 cm³/mol. The molecule has 146 valence electrons. The van der Waals surface area contributed by atoms with Gasteiger partial charge in [-0.25, -0.2) is 4.99 Å². The Kier molecular flexibility index (Phi) is 6.98. The van der Waals surface area contributed by atoms with E-state index >= 15 is 0 Å². The fourth-order valence-corrected chi connectivity index (χ4v) is 3.94. The van der Waals surface area contributed by atoms with E-state index in [1.807, 2.05) is 54.6 Å². The summed E-state index contributed by atoms with van der Waals surface area (Å²) >= 11 is 2.00. The zero-order valence-electron chi connectivity index (χ0n) is 16.2. The van der Waals surface area contributed by atoms with Crippen LogP contribution in [0.1, 0.15) is 30.1 Å². The number of aliphatic imine (C=N–C) groups is 1. The maximum atomic E-state index is 5.22. The third kappa shape index (κ3) is 5.63. The molecule has 8 heteroatoms. The van der Waals surface area contributed by atoms with E-state index in [0.29, 0.717) is 19.1 Å². The highest BCUT2D eigenvalue weighted by molar-refractivity contribution is 7.99. The van der Waals surface area contributed by atoms with Gasteiger partial charge in [-0.2, -0.15) is 11.8 Å². The van der Waals surface area contributed by atoms with Crippen LogP contribution in [0, 0.1) is 6.92 Å². The van der Waals surface area contributed by atoms with Gasteiger partial charge >= 0.3 is 0 Å². The van der Waals surface area contributed by atoms with Crippen molar-refractivity contribution < 1.29 is 4.74 Å². The topological polar surface area (TPSA) is 76.4 Å². The van der Waals surface area contributed by atoms with Gasteiger partial charge in [-0.15, -0.1) is 10.2 Å². The molecular formula is C19H28N6OS. The molecular weight excluding hydrogens is 360 g/mol. The van der Waals surface area contributed by atoms with Crippen molar-refractivity contribution in [1.82, 2.24) is 25.4 Å². The van der Waals surface area contributed by atoms with Crippen molar-refractivity contribution in [3.63, 3.8) is 0 Å². The summed E-state index contributed by atoms with van der Waals surface area (Å²) in [7, 11) is 3.65. The molecule has 1 aliphatic rings. The molecule has 27 heavy (non-hydrogen) atoms. The molecule has 1 atom stereocenters. The summed E-state index contributed by atoms with van der Waals surface area (Å²) in [4.78, 5) is 4.78. The number of aromatic nitrogens is 3. The second-order valence-corrected chi connectivity index (χ2v) is 7.80. The van der Waals surface area contributed by atoms with E-state index in [4.69, 9.17) is 9.73 Å². The molecule has 2 aromatic rings. The molecule has 0 amide bonds. The van der Waals surface area contributed by atoms with Gasteiger partial charge in [-0.05, 0) is 43.2 Å². The molecule has 1 aromatic carbocycles. The molecule has 0 radical (unpaired) electrons. The Labute approximate surface area is 165 Å². The summed E-state index contributed by atoms with van der Waals surface area (Å²) in [5, 5.41) is 15.3. The lowest BCUT2D eigenvalue weighted by Gasteiger charge is -2.24. The lowest BCUT2D eigenvalue weighted by molar-refractivity contribution is 0.414. The number of hydrogen-bond acceptors (Lipinski definition) is 5. The average molecular weight is 389 g/mol. The van der Waals surface area contributed by atoms with E-state index < -0.39 is 0 Å². The van der Waals surface area contributed by atoms with Gasteiger partial charge in [0.2, 0.25) is 0 Å². The smallest absolute Gasteiger partial charge is 0.192 e. The third-order valence-corrected chi connectivity index (χ3v) is 5.89. The Balaban J connectivity index is 1.66. The Morgan fingerprint density at radius 1 is 1.33 bits per heavy atom. The Bertz CT molecular complexity index is 752. The van der Waals surface area contributed by atoms with Crippen LogP contribution in [0.5, 0.6) is 5.75 Å². The lowest BCUT2D eigenvalue weighted by Crippen LogP contribution is -2.45. The van der Waals surface area contributed by atoms with Crippen LogP contribution in [-0.2, 0) is 20.1 Å². The van der Waals surface area contributed by atoms with E-state index in [1.54, 1.807) is 7.11 Å². The number of aryl methyl sites for hydroxylation is 1. The third-order valence-electron chi connectivity index (χ3n) is 4.68. The first-order valence-electron chi connectivity index (χ1n) is 9.26. The first-order valence-corrected chi connectivity index (χ1v) is 10.4. The number of thioether (sulfide) groups is 1. The molecule has 3 rings (SSSR count). The van der Waals surface area contributed by atoms with Crippen LogP contribution in [-0.4, -0.2) is 45.4 Å². The fourth-order valence-electron chi connectivity index (χ4n) is 2.87. The molecule has 1 unspecified atom stereocenters. The van der Waals surface area contributed by atoms with Gasteiger partial charge in [-0.1, -0.05) is 12.1 Å². The first kappa shape index (κ1) is 19.5. The molecule has 1 aliphatic heterocycles. The van der Waals surface area contributed by atoms with Gasteiger partial charge in [0.1, 0.15) is 11.6 Å². The molecule has 0 aliphatic carbocycles. The first-order chi connectivity index (χ1) is 13.2. The van der Waals surface area contributed by atoms with Gasteiger partial charge in [0, 0.05) is 18.8 Å². The number of ether oxygens (including phenoxy) is 1. The van der Waals surface area contributed by atoms with Gasteiger partial charge in [0.25, 0.3) is 0 Å². The molecule has 1 aromatic heterocycles. The number of nitrogens with one attached hydrogen (secondary N) is 2. The quantitative estimate of drug-likeness (QED) is 0.584. The zero-order chi connectivity index (χ0) is 19.1. The highest BCUT2D eigenvalue weighted by Gasteiger charge is 2.15. The number of nitrogens with zero attached hydrogens (tertiary/aromatic N) is 4. The van der Waals surface area contributed by atoms with E-state index in [0.717, 1.165) is 34.7 Å². The molecule has 0 bridgehead atoms. The maximum Gasteiger partial charge on any atom is 0.192 e. The summed E-state index contributed by atoms with van der Waals surface area (Å²) in [5.41, 5.74) is 1.14. The minimum absolute atomic E-state index is 0.451. The van der Waals surface area contributed by atoms with Crippen LogP contribution in [0.3, 0.4) is 0 Å². The summed E-state index contributed by atoms with van der Waals surface area (Å²) in [6.07, 6.45) is 2.43. The number of methoxy groups -OCH3 is 1. The van der Waals surface area contributed by atoms with Gasteiger partial charge < -0.3 is 19.9 Å². The number of hydrogen-bond donors (Lipinski definition) is 2. The summed E-state index contributed by atoms with van der Waals surface area (Å²) in [6, 6.07) is 8.47. The second kappa shape index (κ2) is 9.64. The van der Waals surface area contributed by atoms with Crippen molar-refractivity contribution >= 4 is 17.7 Å². The van der Waals surface area contributed by atoms with Crippen LogP contribution < -0.4 is 15.4 Å². The molecule has 7 nitrogen and oxygen atoms in total. The molecule has 0 spiro atoms. The number of guanidine groups is 1. The predicted octanol–water partition coefficient (Wildman–Crippen LogP) is 2.26. The maximum absolute atomic E-state index is 5.22. The Morgan fingerprint density at radius 3 is 2.78 bits per heavy atom. The summed E-state index contributed by atoms with van der Waals surface area (Å²) in [6.45, 7) is 3.15. The number of rotatable bonds is 6. The molecule has 2 heterocycles. The molecule has 1 fully saturated rings. The minimum Gasteiger partial charge on any atom is -0.497 e. The van der Waals surface area contributed by atoms with E-state index in [2.05, 4.69) is 20.8 Å². The average Bonchev–Trinajstić information content (AvgIpc) is 3.03. The molecule has 1 saturated heterocycles. The highest BCUT2D eigenvalue weighted by atomic mass is 32.2. The second-order valence-electron chi connectivity index (χ2n) is 6.65. The fraction of sp³-hybridized carbons (Fsp3) is 0.526. The van der Waals surface area contributed by atoms with Crippen molar-refractivity contribution in [2.75, 3.05) is 18.6 Å². The van der Waals surface area contributed by atoms with Crippen molar-refractivity contribution in [1.29, 1.82) is 0 Å². The monoisotopic (exact) mass is 388 g/mol. The number of benzene rings is 1. The van der Waals surface area contributed by atoms with Crippen LogP contribution in [0.4, 0.5) is 0 Å². The lowest BCUT2D eigenvalue weighted by atomic mass is 10.2. The van der Waals surface area contributed by atoms with E-state index in [1.165, 1.54) is 18.6 Å². The van der Waals surface area contributed by atoms with Crippen molar-refractivity contribution in [2.45, 2.75) is 38.9 Å². The van der Waals surface area contributed by atoms with Gasteiger partial charge in [0.15, 0.2) is 11.8 Å². The van der Waals surface area contributed by atoms with Crippen LogP contribution in [0.15, 0.2) is 29.3 Å². The van der Waals surface area contributed by atoms with Crippen molar-refractivity contribution in [3.05, 3.63) is 41.5 Å². The summed E-state index contributed by atoms with van der Waals surface area (Å²) in [5.74, 6) is 5.84. The zero-order valence-corrected chi connectivity index (χ0v) is 17.1.